The number of anilines is 4. The summed E-state index contributed by atoms with van der Waals surface area (Å²) in [6, 6.07) is 10.9. The zero-order chi connectivity index (χ0) is 55.7. The summed E-state index contributed by atoms with van der Waals surface area (Å²) in [5.74, 6) is -1.56. The van der Waals surface area contributed by atoms with Crippen LogP contribution in [0.25, 0.3) is 22.5 Å². The third-order valence-corrected chi connectivity index (χ3v) is 13.5. The molecule has 6 heterocycles. The van der Waals surface area contributed by atoms with Crippen molar-refractivity contribution in [3.63, 3.8) is 0 Å². The number of carbonyl (C=O) groups is 3. The van der Waals surface area contributed by atoms with Gasteiger partial charge >= 0.3 is 12.1 Å². The molecule has 2 amide bonds. The summed E-state index contributed by atoms with van der Waals surface area (Å²) in [7, 11) is 3.60. The minimum absolute atomic E-state index is 0.0572. The van der Waals surface area contributed by atoms with Crippen LogP contribution < -0.4 is 21.3 Å². The monoisotopic (exact) mass is 1080 g/mol. The maximum absolute atomic E-state index is 14.5. The highest BCUT2D eigenvalue weighted by atomic mass is 32.1. The zero-order valence-corrected chi connectivity index (χ0v) is 46.3. The molecule has 0 aliphatic carbocycles. The molecule has 8 aromatic rings. The number of aryl methyl sites for hydroxylation is 4. The van der Waals surface area contributed by atoms with Crippen molar-refractivity contribution in [3.8, 4) is 22.5 Å². The average Bonchev–Trinajstić information content (AvgIpc) is 4.18. The van der Waals surface area contributed by atoms with Gasteiger partial charge in [0, 0.05) is 61.5 Å². The minimum Gasteiger partial charge on any atom is -0.477 e. The van der Waals surface area contributed by atoms with Crippen molar-refractivity contribution >= 4 is 63.9 Å². The van der Waals surface area contributed by atoms with E-state index in [0.29, 0.717) is 45.3 Å². The lowest BCUT2D eigenvalue weighted by Crippen LogP contribution is -2.32. The van der Waals surface area contributed by atoms with Gasteiger partial charge in [-0.05, 0) is 69.0 Å². The Kier molecular flexibility index (Phi) is 18.1. The molecule has 23 heteroatoms. The summed E-state index contributed by atoms with van der Waals surface area (Å²) >= 11 is 2.64. The maximum Gasteiger partial charge on any atom is 0.407 e. The number of amides is 2. The van der Waals surface area contributed by atoms with Gasteiger partial charge in [0.25, 0.3) is 5.91 Å². The van der Waals surface area contributed by atoms with E-state index in [2.05, 4.69) is 82.1 Å². The van der Waals surface area contributed by atoms with Gasteiger partial charge in [-0.15, -0.1) is 22.7 Å². The number of rotatable bonds is 12. The van der Waals surface area contributed by atoms with Crippen LogP contribution in [0.2, 0.25) is 0 Å². The Hall–Kier alpha value is -8.05. The number of aromatic nitrogens is 10. The van der Waals surface area contributed by atoms with E-state index in [1.54, 1.807) is 87.3 Å². The second-order valence-corrected chi connectivity index (χ2v) is 22.6. The van der Waals surface area contributed by atoms with Crippen LogP contribution >= 0.6 is 22.7 Å². The molecule has 0 radical (unpaired) electrons. The van der Waals surface area contributed by atoms with E-state index in [-0.39, 0.29) is 40.0 Å². The normalized spacial score (nSPS) is 11.4. The molecule has 400 valence electrons. The highest BCUT2D eigenvalue weighted by Crippen LogP contribution is 2.30. The molecule has 0 atom stereocenters. The second-order valence-electron chi connectivity index (χ2n) is 20.5. The van der Waals surface area contributed by atoms with Crippen LogP contribution in [-0.4, -0.2) is 78.1 Å². The lowest BCUT2D eigenvalue weighted by molar-refractivity contribution is 0.0522. The first kappa shape index (κ1) is 57.2. The number of carboxylic acids is 1. The first-order valence-corrected chi connectivity index (χ1v) is 25.4. The van der Waals surface area contributed by atoms with E-state index >= 15 is 0 Å². The van der Waals surface area contributed by atoms with Gasteiger partial charge in [0.05, 0.1) is 58.6 Å². The molecule has 0 bridgehead atoms. The molecule has 0 fully saturated rings. The number of nitrogens with zero attached hydrogens (tertiary/aromatic N) is 10. The van der Waals surface area contributed by atoms with Crippen LogP contribution in [0.1, 0.15) is 114 Å². The van der Waals surface area contributed by atoms with Gasteiger partial charge in [-0.25, -0.2) is 48.3 Å². The SMILES string of the molecule is CC(C)(C)c1ncc(C(=O)O)s1.Cc1cc(-c2nc(Nc3cnn(C)c3)ncc2F)ccc1CNC(=O)OC(C)(C)C.Cc1cc(-c2nc(Nc3cnn(C)c3)ncc2F)ccc1CNC(=O)c1cnc(C(C)(C)C)s1. The van der Waals surface area contributed by atoms with Gasteiger partial charge in [-0.2, -0.15) is 10.2 Å². The lowest BCUT2D eigenvalue weighted by Gasteiger charge is -2.20. The van der Waals surface area contributed by atoms with E-state index in [4.69, 9.17) is 9.84 Å². The molecule has 19 nitrogen and oxygen atoms in total. The van der Waals surface area contributed by atoms with Crippen molar-refractivity contribution < 1.29 is 33.0 Å². The molecule has 2 aromatic carbocycles. The number of hydrogen-bond donors (Lipinski definition) is 5. The third kappa shape index (κ3) is 16.2. The van der Waals surface area contributed by atoms with E-state index in [9.17, 15) is 23.2 Å². The largest absolute Gasteiger partial charge is 0.477 e. The first-order chi connectivity index (χ1) is 35.6. The molecule has 0 saturated carbocycles. The first-order valence-electron chi connectivity index (χ1n) is 23.8. The van der Waals surface area contributed by atoms with Crippen molar-refractivity contribution in [2.45, 2.75) is 106 Å². The van der Waals surface area contributed by atoms with E-state index in [1.165, 1.54) is 28.9 Å². The molecule has 0 aliphatic heterocycles. The molecular weight excluding hydrogens is 1010 g/mol. The number of hydrogen-bond acceptors (Lipinski definition) is 16. The number of carbonyl (C=O) groups excluding carboxylic acids is 2. The number of ether oxygens (including phenoxy) is 1. The Morgan fingerprint density at radius 1 is 0.618 bits per heavy atom. The van der Waals surface area contributed by atoms with Gasteiger partial charge in [-0.3, -0.25) is 14.2 Å². The summed E-state index contributed by atoms with van der Waals surface area (Å²) in [4.78, 5) is 60.9. The van der Waals surface area contributed by atoms with Gasteiger partial charge in [0.2, 0.25) is 11.9 Å². The molecule has 8 rings (SSSR count). The van der Waals surface area contributed by atoms with Gasteiger partial charge in [0.15, 0.2) is 11.6 Å². The fourth-order valence-electron chi connectivity index (χ4n) is 6.76. The quantitative estimate of drug-likeness (QED) is 0.0764. The van der Waals surface area contributed by atoms with Crippen molar-refractivity contribution in [3.05, 3.63) is 140 Å². The van der Waals surface area contributed by atoms with Crippen LogP contribution in [0, 0.1) is 25.5 Å². The van der Waals surface area contributed by atoms with Gasteiger partial charge < -0.3 is 31.1 Å². The third-order valence-electron chi connectivity index (χ3n) is 10.6. The molecule has 76 heavy (non-hydrogen) atoms. The summed E-state index contributed by atoms with van der Waals surface area (Å²) in [5, 5.41) is 30.3. The highest BCUT2D eigenvalue weighted by Gasteiger charge is 2.22. The van der Waals surface area contributed by atoms with Gasteiger partial charge in [-0.1, -0.05) is 65.8 Å². The standard InChI is InChI=1S/C24H26FN7OS.C21H25FN6O2.C8H11NO2S/c1-14-8-15(20-18(25)11-28-23(31-20)30-17-10-29-32(5)13-17)6-7-16(14)9-26-21(33)19-12-27-22(34-19)24(2,3)4;1-13-8-14(6-7-15(13)9-24-20(29)30-21(2,3)4)18-17(22)11-23-19(27-18)26-16-10-25-28(5)12-16;1-8(2,3)7-9-4-5(12-7)6(10)11/h6-8,10-13H,9H2,1-5H3,(H,26,33)(H,28,30,31);6-8,10-12H,9H2,1-5H3,(H,24,29)(H,23,26,27);4H,1-3H3,(H,10,11). The van der Waals surface area contributed by atoms with Crippen LogP contribution in [0.5, 0.6) is 0 Å². The van der Waals surface area contributed by atoms with Crippen LogP contribution in [0.15, 0.2) is 86.0 Å². The Balaban J connectivity index is 0.000000204. The topological polar surface area (TPSA) is 242 Å². The molecule has 0 unspecified atom stereocenters. The van der Waals surface area contributed by atoms with Crippen LogP contribution in [0.3, 0.4) is 0 Å². The molecule has 5 N–H and O–H groups in total. The van der Waals surface area contributed by atoms with Crippen molar-refractivity contribution in [2.24, 2.45) is 14.1 Å². The van der Waals surface area contributed by atoms with Crippen LogP contribution in [-0.2, 0) is 42.8 Å². The van der Waals surface area contributed by atoms with Gasteiger partial charge in [0.1, 0.15) is 26.7 Å². The average molecular weight is 1080 g/mol. The summed E-state index contributed by atoms with van der Waals surface area (Å²) in [5.41, 5.74) is 5.95. The Morgan fingerprint density at radius 2 is 1.05 bits per heavy atom. The lowest BCUT2D eigenvalue weighted by atomic mass is 9.98. The summed E-state index contributed by atoms with van der Waals surface area (Å²) < 4.78 is 37.5. The number of thiazole rings is 2. The Bertz CT molecular complexity index is 3330. The van der Waals surface area contributed by atoms with E-state index in [1.807, 2.05) is 58.9 Å². The van der Waals surface area contributed by atoms with E-state index < -0.39 is 29.3 Å². The molecule has 0 aliphatic rings. The molecule has 0 spiro atoms. The number of aromatic carboxylic acids is 1. The Morgan fingerprint density at radius 3 is 1.42 bits per heavy atom. The van der Waals surface area contributed by atoms with Crippen molar-refractivity contribution in [1.29, 1.82) is 0 Å². The number of carboxylic acid groups (broad SMARTS) is 1. The second kappa shape index (κ2) is 24.1. The number of nitrogens with one attached hydrogen (secondary N) is 4. The van der Waals surface area contributed by atoms with E-state index in [0.717, 1.165) is 44.7 Å². The molecular formula is C53H62F2N14O5S2. The summed E-state index contributed by atoms with van der Waals surface area (Å²) in [6.45, 7) is 22.1. The van der Waals surface area contributed by atoms with Crippen molar-refractivity contribution in [1.82, 2.24) is 60.1 Å². The fraction of sp³-hybridized carbons (Fsp3) is 0.340. The zero-order valence-electron chi connectivity index (χ0n) is 44.6. The smallest absolute Gasteiger partial charge is 0.407 e. The van der Waals surface area contributed by atoms with Crippen molar-refractivity contribution in [2.75, 3.05) is 10.6 Å². The fourth-order valence-corrected chi connectivity index (χ4v) is 8.46. The minimum atomic E-state index is -0.900. The molecule has 0 saturated heterocycles. The predicted octanol–water partition coefficient (Wildman–Crippen LogP) is 11.0. The highest BCUT2D eigenvalue weighted by molar-refractivity contribution is 7.14. The number of benzene rings is 2. The molecule has 6 aromatic heterocycles. The summed E-state index contributed by atoms with van der Waals surface area (Å²) in [6.07, 6.45) is 11.6. The number of halogens is 2. The Labute approximate surface area is 447 Å². The maximum atomic E-state index is 14.5. The number of alkyl carbamates (subject to hydrolysis) is 1. The van der Waals surface area contributed by atoms with Crippen LogP contribution in [0.4, 0.5) is 36.8 Å². The predicted molar refractivity (Wildman–Crippen MR) is 290 cm³/mol.